The number of rotatable bonds is 3. The number of aromatic nitrogens is 2. The summed E-state index contributed by atoms with van der Waals surface area (Å²) in [5, 5.41) is 4.80. The van der Waals surface area contributed by atoms with Gasteiger partial charge < -0.3 is 4.74 Å². The molecule has 0 unspecified atom stereocenters. The van der Waals surface area contributed by atoms with E-state index in [4.69, 9.17) is 27.9 Å². The summed E-state index contributed by atoms with van der Waals surface area (Å²) in [6.45, 7) is 1.69. The molecule has 0 N–H and O–H groups in total. The Morgan fingerprint density at radius 3 is 2.54 bits per heavy atom. The number of halogens is 3. The molecule has 3 rings (SSSR count). The fraction of sp³-hybridized carbons (Fsp3) is 0.0556. The molecule has 0 bridgehead atoms. The second-order valence-corrected chi connectivity index (χ2v) is 7.06. The largest absolute Gasteiger partial charge is 0.420 e. The van der Waals surface area contributed by atoms with Gasteiger partial charge in [-0.05, 0) is 37.3 Å². The molecule has 0 radical (unpaired) electrons. The highest BCUT2D eigenvalue weighted by molar-refractivity contribution is 9.10. The summed E-state index contributed by atoms with van der Waals surface area (Å²) in [5.41, 5.74) is 0.155. The van der Waals surface area contributed by atoms with Crippen molar-refractivity contribution in [1.29, 1.82) is 0 Å². The predicted octanol–water partition coefficient (Wildman–Crippen LogP) is 4.83. The minimum atomic E-state index is -0.903. The average molecular weight is 454 g/mol. The van der Waals surface area contributed by atoms with Crippen LogP contribution in [0.1, 0.15) is 16.2 Å². The number of hydrogen-bond acceptors (Lipinski definition) is 4. The van der Waals surface area contributed by atoms with E-state index < -0.39 is 11.4 Å². The third-order valence-electron chi connectivity index (χ3n) is 3.48. The number of nitrogens with zero attached hydrogens (tertiary/aromatic N) is 2. The van der Waals surface area contributed by atoms with Crippen LogP contribution in [-0.4, -0.2) is 15.7 Å². The maximum atomic E-state index is 12.5. The smallest absolute Gasteiger partial charge is 0.368 e. The molecule has 0 aliphatic rings. The van der Waals surface area contributed by atoms with Crippen LogP contribution in [0.2, 0.25) is 10.0 Å². The van der Waals surface area contributed by atoms with Crippen molar-refractivity contribution in [2.45, 2.75) is 6.92 Å². The Morgan fingerprint density at radius 2 is 1.85 bits per heavy atom. The van der Waals surface area contributed by atoms with Crippen molar-refractivity contribution in [3.8, 4) is 11.4 Å². The number of hydrogen-bond donors (Lipinski definition) is 0. The second-order valence-electron chi connectivity index (χ2n) is 5.33. The molecule has 0 saturated carbocycles. The van der Waals surface area contributed by atoms with E-state index in [1.807, 2.05) is 0 Å². The lowest BCUT2D eigenvalue weighted by molar-refractivity contribution is 0.0725. The average Bonchev–Trinajstić information content (AvgIpc) is 2.58. The fourth-order valence-electron chi connectivity index (χ4n) is 2.26. The zero-order valence-corrected chi connectivity index (χ0v) is 16.5. The first-order valence-corrected chi connectivity index (χ1v) is 8.95. The molecule has 0 atom stereocenters. The van der Waals surface area contributed by atoms with Gasteiger partial charge in [0.25, 0.3) is 0 Å². The van der Waals surface area contributed by atoms with E-state index in [2.05, 4.69) is 21.0 Å². The SMILES string of the molecule is Cc1cc(=O)c(C(=O)Oc2ccc(Br)cc2Cl)nn1-c1ccccc1Cl. The highest BCUT2D eigenvalue weighted by Crippen LogP contribution is 2.28. The molecule has 1 aromatic heterocycles. The lowest BCUT2D eigenvalue weighted by atomic mass is 10.3. The van der Waals surface area contributed by atoms with E-state index in [9.17, 15) is 9.59 Å². The van der Waals surface area contributed by atoms with Gasteiger partial charge in [0.1, 0.15) is 5.75 Å². The first kappa shape index (κ1) is 18.6. The third kappa shape index (κ3) is 3.82. The van der Waals surface area contributed by atoms with Crippen molar-refractivity contribution in [3.05, 3.63) is 84.7 Å². The molecular weight excluding hydrogens is 443 g/mol. The maximum Gasteiger partial charge on any atom is 0.368 e. The Morgan fingerprint density at radius 1 is 1.12 bits per heavy atom. The highest BCUT2D eigenvalue weighted by atomic mass is 79.9. The lowest BCUT2D eigenvalue weighted by Gasteiger charge is -2.12. The Bertz CT molecular complexity index is 1070. The van der Waals surface area contributed by atoms with Crippen LogP contribution in [0.4, 0.5) is 0 Å². The Hall–Kier alpha value is -2.15. The first-order valence-electron chi connectivity index (χ1n) is 7.40. The Kier molecular flexibility index (Phi) is 5.46. The van der Waals surface area contributed by atoms with Crippen molar-refractivity contribution in [1.82, 2.24) is 9.78 Å². The molecule has 0 aliphatic heterocycles. The number of carbonyl (C=O) groups is 1. The van der Waals surface area contributed by atoms with Crippen LogP contribution in [0, 0.1) is 6.92 Å². The second kappa shape index (κ2) is 7.61. The van der Waals surface area contributed by atoms with Gasteiger partial charge in [0.2, 0.25) is 11.1 Å². The van der Waals surface area contributed by atoms with Gasteiger partial charge in [-0.2, -0.15) is 5.10 Å². The highest BCUT2D eigenvalue weighted by Gasteiger charge is 2.19. The van der Waals surface area contributed by atoms with E-state index in [-0.39, 0.29) is 16.5 Å². The van der Waals surface area contributed by atoms with E-state index in [1.54, 1.807) is 43.3 Å². The summed E-state index contributed by atoms with van der Waals surface area (Å²) in [6, 6.07) is 13.0. The minimum Gasteiger partial charge on any atom is -0.420 e. The maximum absolute atomic E-state index is 12.5. The standard InChI is InChI=1S/C18H11BrCl2N2O3/c1-10-8-15(24)17(22-23(10)14-5-3-2-4-12(14)20)18(25)26-16-7-6-11(19)9-13(16)21/h2-9H,1H3. The molecule has 0 amide bonds. The topological polar surface area (TPSA) is 61.2 Å². The summed E-state index contributed by atoms with van der Waals surface area (Å²) < 4.78 is 7.38. The normalized spacial score (nSPS) is 10.6. The van der Waals surface area contributed by atoms with Gasteiger partial charge in [-0.3, -0.25) is 4.79 Å². The molecule has 0 spiro atoms. The number of carbonyl (C=O) groups excluding carboxylic acids is 1. The molecule has 0 saturated heterocycles. The van der Waals surface area contributed by atoms with Crippen LogP contribution in [0.3, 0.4) is 0 Å². The monoisotopic (exact) mass is 452 g/mol. The first-order chi connectivity index (χ1) is 12.4. The van der Waals surface area contributed by atoms with Gasteiger partial charge in [0.15, 0.2) is 0 Å². The lowest BCUT2D eigenvalue weighted by Crippen LogP contribution is -2.25. The molecule has 8 heteroatoms. The summed E-state index contributed by atoms with van der Waals surface area (Å²) in [7, 11) is 0. The van der Waals surface area contributed by atoms with Gasteiger partial charge in [0.05, 0.1) is 15.7 Å². The summed E-state index contributed by atoms with van der Waals surface area (Å²) in [5.74, 6) is -0.772. The number of aryl methyl sites for hydroxylation is 1. The van der Waals surface area contributed by atoms with Gasteiger partial charge in [-0.25, -0.2) is 9.48 Å². The van der Waals surface area contributed by atoms with Gasteiger partial charge in [0, 0.05) is 16.2 Å². The van der Waals surface area contributed by atoms with Crippen LogP contribution in [-0.2, 0) is 0 Å². The van der Waals surface area contributed by atoms with Crippen molar-refractivity contribution in [2.75, 3.05) is 0 Å². The molecule has 2 aromatic carbocycles. The zero-order chi connectivity index (χ0) is 18.8. The summed E-state index contributed by atoms with van der Waals surface area (Å²) >= 11 is 15.5. The van der Waals surface area contributed by atoms with Gasteiger partial charge in [-0.1, -0.05) is 51.3 Å². The van der Waals surface area contributed by atoms with Crippen molar-refractivity contribution in [3.63, 3.8) is 0 Å². The number of para-hydroxylation sites is 1. The summed E-state index contributed by atoms with van der Waals surface area (Å²) in [6.07, 6.45) is 0. The quantitative estimate of drug-likeness (QED) is 0.421. The number of benzene rings is 2. The molecule has 1 heterocycles. The van der Waals surface area contributed by atoms with Gasteiger partial charge in [-0.15, -0.1) is 0 Å². The van der Waals surface area contributed by atoms with Crippen LogP contribution in [0.15, 0.2) is 57.8 Å². The van der Waals surface area contributed by atoms with E-state index >= 15 is 0 Å². The number of ether oxygens (including phenoxy) is 1. The molecule has 0 aliphatic carbocycles. The predicted molar refractivity (Wildman–Crippen MR) is 104 cm³/mol. The molecular formula is C18H11BrCl2N2O3. The van der Waals surface area contributed by atoms with Crippen molar-refractivity contribution in [2.24, 2.45) is 0 Å². The molecule has 3 aromatic rings. The van der Waals surface area contributed by atoms with Crippen molar-refractivity contribution >= 4 is 45.1 Å². The molecule has 0 fully saturated rings. The fourth-order valence-corrected chi connectivity index (χ4v) is 3.19. The Balaban J connectivity index is 2.02. The summed E-state index contributed by atoms with van der Waals surface area (Å²) in [4.78, 5) is 24.7. The Labute approximate surface area is 167 Å². The van der Waals surface area contributed by atoms with Crippen LogP contribution in [0.5, 0.6) is 5.75 Å². The van der Waals surface area contributed by atoms with Crippen LogP contribution in [0.25, 0.3) is 5.69 Å². The van der Waals surface area contributed by atoms with E-state index in [0.29, 0.717) is 16.4 Å². The van der Waals surface area contributed by atoms with Crippen molar-refractivity contribution < 1.29 is 9.53 Å². The van der Waals surface area contributed by atoms with Crippen LogP contribution < -0.4 is 10.2 Å². The van der Waals surface area contributed by atoms with Crippen LogP contribution >= 0.6 is 39.1 Å². The van der Waals surface area contributed by atoms with E-state index in [0.717, 1.165) is 4.47 Å². The van der Waals surface area contributed by atoms with E-state index in [1.165, 1.54) is 16.8 Å². The molecule has 132 valence electrons. The third-order valence-corrected chi connectivity index (χ3v) is 4.59. The van der Waals surface area contributed by atoms with Gasteiger partial charge >= 0.3 is 5.97 Å². The zero-order valence-electron chi connectivity index (χ0n) is 13.4. The number of esters is 1. The molecule has 26 heavy (non-hydrogen) atoms. The minimum absolute atomic E-state index is 0.130. The molecule has 5 nitrogen and oxygen atoms in total.